The first-order chi connectivity index (χ1) is 10.1. The third kappa shape index (κ3) is 3.11. The highest BCUT2D eigenvalue weighted by molar-refractivity contribution is 5.75. The molecule has 2 unspecified atom stereocenters. The summed E-state index contributed by atoms with van der Waals surface area (Å²) >= 11 is 0. The Morgan fingerprint density at radius 1 is 1.14 bits per heavy atom. The lowest BCUT2D eigenvalue weighted by molar-refractivity contribution is -0.153. The summed E-state index contributed by atoms with van der Waals surface area (Å²) < 4.78 is 0. The maximum Gasteiger partial charge on any atom is 0.310 e. The van der Waals surface area contributed by atoms with Crippen LogP contribution in [-0.2, 0) is 4.79 Å². The quantitative estimate of drug-likeness (QED) is 0.868. The fraction of sp³-hybridized carbons (Fsp3) is 0.941. The average Bonchev–Trinajstić information content (AvgIpc) is 2.48. The highest BCUT2D eigenvalue weighted by Crippen LogP contribution is 2.39. The van der Waals surface area contributed by atoms with Gasteiger partial charge in [-0.1, -0.05) is 19.3 Å². The number of nitrogens with zero attached hydrogens (tertiary/aromatic N) is 2. The molecule has 4 nitrogen and oxygen atoms in total. The average molecular weight is 294 g/mol. The van der Waals surface area contributed by atoms with Crippen LogP contribution in [0.3, 0.4) is 0 Å². The van der Waals surface area contributed by atoms with Gasteiger partial charge in [-0.2, -0.15) is 0 Å². The van der Waals surface area contributed by atoms with Crippen LogP contribution in [0.2, 0.25) is 0 Å². The van der Waals surface area contributed by atoms with E-state index in [9.17, 15) is 9.90 Å². The van der Waals surface area contributed by atoms with Crippen LogP contribution in [0.15, 0.2) is 0 Å². The van der Waals surface area contributed by atoms with E-state index in [0.29, 0.717) is 0 Å². The van der Waals surface area contributed by atoms with Crippen molar-refractivity contribution in [2.24, 2.45) is 11.3 Å². The van der Waals surface area contributed by atoms with E-state index in [1.165, 1.54) is 32.2 Å². The molecule has 0 aromatic rings. The number of carbonyl (C=O) groups is 1. The number of carboxylic acid groups (broad SMARTS) is 1. The maximum absolute atomic E-state index is 11.8. The predicted molar refractivity (Wildman–Crippen MR) is 83.4 cm³/mol. The largest absolute Gasteiger partial charge is 0.481 e. The molecule has 120 valence electrons. The molecule has 0 aromatic heterocycles. The van der Waals surface area contributed by atoms with Crippen LogP contribution < -0.4 is 0 Å². The summed E-state index contributed by atoms with van der Waals surface area (Å²) in [6.45, 7) is 4.22. The van der Waals surface area contributed by atoms with Crippen molar-refractivity contribution in [3.63, 3.8) is 0 Å². The molecule has 2 saturated heterocycles. The first-order valence-corrected chi connectivity index (χ1v) is 8.77. The Hall–Kier alpha value is -0.610. The van der Waals surface area contributed by atoms with Crippen molar-refractivity contribution in [1.82, 2.24) is 9.80 Å². The third-order valence-electron chi connectivity index (χ3n) is 6.22. The van der Waals surface area contributed by atoms with E-state index >= 15 is 0 Å². The van der Waals surface area contributed by atoms with Gasteiger partial charge in [0.2, 0.25) is 0 Å². The van der Waals surface area contributed by atoms with Crippen LogP contribution in [0.5, 0.6) is 0 Å². The molecular formula is C17H30N2O2. The normalized spacial score (nSPS) is 34.3. The smallest absolute Gasteiger partial charge is 0.310 e. The number of aliphatic carboxylic acids is 1. The lowest BCUT2D eigenvalue weighted by Crippen LogP contribution is -2.55. The van der Waals surface area contributed by atoms with Gasteiger partial charge in [0.15, 0.2) is 0 Å². The summed E-state index contributed by atoms with van der Waals surface area (Å²) in [5.74, 6) is 0.206. The Morgan fingerprint density at radius 2 is 1.90 bits per heavy atom. The zero-order valence-electron chi connectivity index (χ0n) is 13.4. The molecule has 2 aliphatic heterocycles. The zero-order valence-corrected chi connectivity index (χ0v) is 13.4. The van der Waals surface area contributed by atoms with E-state index in [1.807, 2.05) is 0 Å². The summed E-state index contributed by atoms with van der Waals surface area (Å²) in [7, 11) is 2.26. The van der Waals surface area contributed by atoms with Crippen LogP contribution in [0.25, 0.3) is 0 Å². The number of hydrogen-bond acceptors (Lipinski definition) is 3. The first-order valence-electron chi connectivity index (χ1n) is 8.77. The van der Waals surface area contributed by atoms with Gasteiger partial charge >= 0.3 is 5.97 Å². The highest BCUT2D eigenvalue weighted by atomic mass is 16.4. The standard InChI is InChI=1S/C17H30N2O2/c1-18-10-5-6-14-12-19(11-7-15(14)18)13-17(16(20)21)8-3-2-4-9-17/h14-15H,2-13H2,1H3,(H,20,21). The van der Waals surface area contributed by atoms with Crippen LogP contribution in [0.4, 0.5) is 0 Å². The second-order valence-corrected chi connectivity index (χ2v) is 7.62. The molecule has 0 bridgehead atoms. The van der Waals surface area contributed by atoms with Gasteiger partial charge in [0.25, 0.3) is 0 Å². The number of carboxylic acids is 1. The van der Waals surface area contributed by atoms with E-state index in [1.54, 1.807) is 0 Å². The number of rotatable bonds is 3. The summed E-state index contributed by atoms with van der Waals surface area (Å²) in [6.07, 6.45) is 9.01. The van der Waals surface area contributed by atoms with Gasteiger partial charge in [0, 0.05) is 19.1 Å². The number of likely N-dealkylation sites (tertiary alicyclic amines) is 2. The van der Waals surface area contributed by atoms with Crippen molar-refractivity contribution in [1.29, 1.82) is 0 Å². The molecule has 2 atom stereocenters. The van der Waals surface area contributed by atoms with Crippen molar-refractivity contribution in [2.45, 2.75) is 57.4 Å². The molecule has 1 saturated carbocycles. The Kier molecular flexibility index (Phi) is 4.55. The lowest BCUT2D eigenvalue weighted by atomic mass is 9.73. The molecular weight excluding hydrogens is 264 g/mol. The summed E-state index contributed by atoms with van der Waals surface area (Å²) in [5, 5.41) is 9.76. The van der Waals surface area contributed by atoms with Crippen LogP contribution >= 0.6 is 0 Å². The second kappa shape index (κ2) is 6.25. The second-order valence-electron chi connectivity index (χ2n) is 7.62. The van der Waals surface area contributed by atoms with E-state index < -0.39 is 11.4 Å². The molecule has 4 heteroatoms. The molecule has 0 amide bonds. The van der Waals surface area contributed by atoms with Gasteiger partial charge < -0.3 is 14.9 Å². The molecule has 1 N–H and O–H groups in total. The Morgan fingerprint density at radius 3 is 2.62 bits per heavy atom. The highest BCUT2D eigenvalue weighted by Gasteiger charge is 2.43. The molecule has 3 fully saturated rings. The minimum atomic E-state index is -0.551. The minimum absolute atomic E-state index is 0.453. The van der Waals surface area contributed by atoms with Gasteiger partial charge in [0.1, 0.15) is 0 Å². The SMILES string of the molecule is CN1CCCC2CN(CC3(C(=O)O)CCCCC3)CCC21. The molecule has 2 heterocycles. The van der Waals surface area contributed by atoms with Gasteiger partial charge in [-0.3, -0.25) is 4.79 Å². The fourth-order valence-electron chi connectivity index (χ4n) is 4.97. The van der Waals surface area contributed by atoms with Gasteiger partial charge in [-0.15, -0.1) is 0 Å². The predicted octanol–water partition coefficient (Wildman–Crippen LogP) is 2.44. The summed E-state index contributed by atoms with van der Waals surface area (Å²) in [4.78, 5) is 16.8. The topological polar surface area (TPSA) is 43.8 Å². The van der Waals surface area contributed by atoms with Crippen LogP contribution in [0, 0.1) is 11.3 Å². The van der Waals surface area contributed by atoms with E-state index in [4.69, 9.17) is 0 Å². The van der Waals surface area contributed by atoms with Crippen molar-refractivity contribution in [3.05, 3.63) is 0 Å². The number of fused-ring (bicyclic) bond motifs is 1. The first kappa shape index (κ1) is 15.3. The van der Waals surface area contributed by atoms with Crippen molar-refractivity contribution in [3.8, 4) is 0 Å². The van der Waals surface area contributed by atoms with Crippen LogP contribution in [-0.4, -0.2) is 60.1 Å². The van der Waals surface area contributed by atoms with Crippen LogP contribution in [0.1, 0.15) is 51.4 Å². The van der Waals surface area contributed by atoms with Gasteiger partial charge in [0.05, 0.1) is 5.41 Å². The number of piperidine rings is 2. The third-order valence-corrected chi connectivity index (χ3v) is 6.22. The number of hydrogen-bond donors (Lipinski definition) is 1. The molecule has 1 aliphatic carbocycles. The molecule has 0 radical (unpaired) electrons. The van der Waals surface area contributed by atoms with Crippen molar-refractivity contribution >= 4 is 5.97 Å². The Labute approximate surface area is 128 Å². The lowest BCUT2D eigenvalue weighted by Gasteiger charge is -2.48. The Bertz CT molecular complexity index is 379. The monoisotopic (exact) mass is 294 g/mol. The molecule has 0 aromatic carbocycles. The maximum atomic E-state index is 11.8. The molecule has 3 rings (SSSR count). The van der Waals surface area contributed by atoms with Gasteiger partial charge in [-0.25, -0.2) is 0 Å². The minimum Gasteiger partial charge on any atom is -0.481 e. The van der Waals surface area contributed by atoms with E-state index in [2.05, 4.69) is 16.8 Å². The van der Waals surface area contributed by atoms with Gasteiger partial charge in [-0.05, 0) is 58.2 Å². The Balaban J connectivity index is 1.63. The zero-order chi connectivity index (χ0) is 14.9. The van der Waals surface area contributed by atoms with E-state index in [0.717, 1.165) is 57.3 Å². The molecule has 3 aliphatic rings. The van der Waals surface area contributed by atoms with E-state index in [-0.39, 0.29) is 0 Å². The molecule has 0 spiro atoms. The summed E-state index contributed by atoms with van der Waals surface area (Å²) in [6, 6.07) is 0.738. The fourth-order valence-corrected chi connectivity index (χ4v) is 4.97. The molecule has 21 heavy (non-hydrogen) atoms. The van der Waals surface area contributed by atoms with Crippen molar-refractivity contribution < 1.29 is 9.90 Å². The summed E-state index contributed by atoms with van der Waals surface area (Å²) in [5.41, 5.74) is -0.453. The van der Waals surface area contributed by atoms with Crippen molar-refractivity contribution in [2.75, 3.05) is 33.2 Å².